The molecule has 3 rings (SSSR count). The normalized spacial score (nSPS) is 25.4. The maximum absolute atomic E-state index is 12.8. The highest BCUT2D eigenvalue weighted by atomic mass is 32.2. The first-order chi connectivity index (χ1) is 12.8. The first kappa shape index (κ1) is 20.1. The molecule has 2 atom stereocenters. The van der Waals surface area contributed by atoms with E-state index in [4.69, 9.17) is 9.47 Å². The van der Waals surface area contributed by atoms with Gasteiger partial charge >= 0.3 is 0 Å². The lowest BCUT2D eigenvalue weighted by molar-refractivity contribution is -0.148. The molecule has 0 bridgehead atoms. The van der Waals surface area contributed by atoms with Gasteiger partial charge in [0, 0.05) is 32.1 Å². The maximum Gasteiger partial charge on any atom is 0.243 e. The van der Waals surface area contributed by atoms with Crippen LogP contribution >= 0.6 is 0 Å². The fourth-order valence-corrected chi connectivity index (χ4v) is 5.33. The fraction of sp³-hybridized carbons (Fsp3) is 0.632. The molecule has 2 heterocycles. The highest BCUT2D eigenvalue weighted by Crippen LogP contribution is 2.27. The van der Waals surface area contributed by atoms with Gasteiger partial charge in [0.15, 0.2) is 0 Å². The van der Waals surface area contributed by atoms with E-state index in [-0.39, 0.29) is 28.9 Å². The molecule has 2 saturated heterocycles. The minimum Gasteiger partial charge on any atom is -0.497 e. The number of carbonyl (C=O) groups excluding carboxylic acids is 1. The second-order valence-corrected chi connectivity index (χ2v) is 9.29. The van der Waals surface area contributed by atoms with Crippen molar-refractivity contribution in [3.63, 3.8) is 0 Å². The summed E-state index contributed by atoms with van der Waals surface area (Å²) in [6.07, 6.45) is 1.17. The topological polar surface area (TPSA) is 76.2 Å². The number of methoxy groups -OCH3 is 1. The minimum atomic E-state index is -3.55. The van der Waals surface area contributed by atoms with Crippen LogP contribution in [-0.4, -0.2) is 69.0 Å². The number of nitrogens with zero attached hydrogens (tertiary/aromatic N) is 2. The number of hydrogen-bond donors (Lipinski definition) is 0. The number of ether oxygens (including phenoxy) is 2. The van der Waals surface area contributed by atoms with Crippen LogP contribution in [0.3, 0.4) is 0 Å². The van der Waals surface area contributed by atoms with Gasteiger partial charge in [0.05, 0.1) is 24.2 Å². The summed E-state index contributed by atoms with van der Waals surface area (Å²) in [6, 6.07) is 6.40. The van der Waals surface area contributed by atoms with E-state index in [2.05, 4.69) is 0 Å². The summed E-state index contributed by atoms with van der Waals surface area (Å²) in [5.74, 6) is 0.621. The summed E-state index contributed by atoms with van der Waals surface area (Å²) in [6.45, 7) is 5.88. The van der Waals surface area contributed by atoms with Crippen molar-refractivity contribution in [2.75, 3.05) is 33.3 Å². The lowest BCUT2D eigenvalue weighted by atomic mass is 9.96. The van der Waals surface area contributed by atoms with Crippen LogP contribution in [0.5, 0.6) is 5.75 Å². The van der Waals surface area contributed by atoms with E-state index in [1.807, 2.05) is 18.7 Å². The van der Waals surface area contributed by atoms with E-state index in [1.54, 1.807) is 31.4 Å². The summed E-state index contributed by atoms with van der Waals surface area (Å²) in [4.78, 5) is 15.0. The number of morpholine rings is 1. The standard InChI is InChI=1S/C19H28N2O5S/c1-14-12-20(13-15(2)26-14)19(22)16-8-10-21(11-9-16)27(23,24)18-6-4-17(25-3)5-7-18/h4-7,14-16H,8-13H2,1-3H3. The first-order valence-electron chi connectivity index (χ1n) is 9.39. The van der Waals surface area contributed by atoms with E-state index < -0.39 is 10.0 Å². The van der Waals surface area contributed by atoms with Crippen LogP contribution in [0.25, 0.3) is 0 Å². The van der Waals surface area contributed by atoms with Gasteiger partial charge in [0.2, 0.25) is 15.9 Å². The molecule has 0 aliphatic carbocycles. The Bertz CT molecular complexity index is 747. The average Bonchev–Trinajstić information content (AvgIpc) is 2.67. The lowest BCUT2D eigenvalue weighted by Gasteiger charge is -2.39. The third kappa shape index (κ3) is 4.44. The Morgan fingerprint density at radius 1 is 1.07 bits per heavy atom. The Morgan fingerprint density at radius 2 is 1.63 bits per heavy atom. The average molecular weight is 397 g/mol. The van der Waals surface area contributed by atoms with Crippen molar-refractivity contribution < 1.29 is 22.7 Å². The number of rotatable bonds is 4. The predicted molar refractivity (Wildman–Crippen MR) is 101 cm³/mol. The van der Waals surface area contributed by atoms with Crippen molar-refractivity contribution in [3.8, 4) is 5.75 Å². The fourth-order valence-electron chi connectivity index (χ4n) is 3.86. The zero-order chi connectivity index (χ0) is 19.6. The minimum absolute atomic E-state index is 0.0354. The third-order valence-electron chi connectivity index (χ3n) is 5.23. The van der Waals surface area contributed by atoms with Gasteiger partial charge < -0.3 is 14.4 Å². The van der Waals surface area contributed by atoms with E-state index >= 15 is 0 Å². The molecular formula is C19H28N2O5S. The second-order valence-electron chi connectivity index (χ2n) is 7.35. The zero-order valence-corrected chi connectivity index (χ0v) is 16.9. The van der Waals surface area contributed by atoms with Crippen LogP contribution < -0.4 is 4.74 Å². The summed E-state index contributed by atoms with van der Waals surface area (Å²) in [7, 11) is -2.00. The molecule has 0 saturated carbocycles. The summed E-state index contributed by atoms with van der Waals surface area (Å²) < 4.78 is 37.9. The molecule has 1 amide bonds. The van der Waals surface area contributed by atoms with Crippen LogP contribution in [0, 0.1) is 5.92 Å². The van der Waals surface area contributed by atoms with E-state index in [0.29, 0.717) is 44.8 Å². The van der Waals surface area contributed by atoms with Crippen LogP contribution in [0.1, 0.15) is 26.7 Å². The molecule has 0 radical (unpaired) electrons. The molecule has 27 heavy (non-hydrogen) atoms. The molecule has 2 aliphatic rings. The summed E-state index contributed by atoms with van der Waals surface area (Å²) in [5, 5.41) is 0. The van der Waals surface area contributed by atoms with Crippen molar-refractivity contribution in [2.24, 2.45) is 5.92 Å². The van der Waals surface area contributed by atoms with Crippen molar-refractivity contribution in [1.29, 1.82) is 0 Å². The number of amides is 1. The number of carbonyl (C=O) groups is 1. The molecular weight excluding hydrogens is 368 g/mol. The van der Waals surface area contributed by atoms with Gasteiger partial charge in [-0.05, 0) is 51.0 Å². The molecule has 0 aromatic heterocycles. The molecule has 1 aromatic rings. The number of benzene rings is 1. The third-order valence-corrected chi connectivity index (χ3v) is 7.14. The van der Waals surface area contributed by atoms with Gasteiger partial charge in [0.1, 0.15) is 5.75 Å². The molecule has 2 aliphatic heterocycles. The first-order valence-corrected chi connectivity index (χ1v) is 10.8. The highest BCUT2D eigenvalue weighted by molar-refractivity contribution is 7.89. The molecule has 7 nitrogen and oxygen atoms in total. The Labute approximate surface area is 161 Å². The van der Waals surface area contributed by atoms with Gasteiger partial charge in [-0.1, -0.05) is 0 Å². The predicted octanol–water partition coefficient (Wildman–Crippen LogP) is 1.73. The molecule has 2 fully saturated rings. The van der Waals surface area contributed by atoms with Gasteiger partial charge in [-0.15, -0.1) is 0 Å². The van der Waals surface area contributed by atoms with E-state index in [1.165, 1.54) is 4.31 Å². The Hall–Kier alpha value is -1.64. The largest absolute Gasteiger partial charge is 0.497 e. The Balaban J connectivity index is 1.61. The van der Waals surface area contributed by atoms with Gasteiger partial charge in [-0.2, -0.15) is 4.31 Å². The van der Waals surface area contributed by atoms with E-state index in [9.17, 15) is 13.2 Å². The van der Waals surface area contributed by atoms with Crippen LogP contribution in [-0.2, 0) is 19.6 Å². The smallest absolute Gasteiger partial charge is 0.243 e. The van der Waals surface area contributed by atoms with E-state index in [0.717, 1.165) is 0 Å². The van der Waals surface area contributed by atoms with Gasteiger partial charge in [-0.25, -0.2) is 8.42 Å². The summed E-state index contributed by atoms with van der Waals surface area (Å²) >= 11 is 0. The maximum atomic E-state index is 12.8. The van der Waals surface area contributed by atoms with Gasteiger partial charge in [0.25, 0.3) is 0 Å². The monoisotopic (exact) mass is 396 g/mol. The SMILES string of the molecule is COc1ccc(S(=O)(=O)N2CCC(C(=O)N3CC(C)OC(C)C3)CC2)cc1. The second kappa shape index (κ2) is 8.16. The van der Waals surface area contributed by atoms with Crippen LogP contribution in [0.4, 0.5) is 0 Å². The number of hydrogen-bond acceptors (Lipinski definition) is 5. The lowest BCUT2D eigenvalue weighted by Crippen LogP contribution is -2.51. The molecule has 0 spiro atoms. The highest BCUT2D eigenvalue weighted by Gasteiger charge is 2.35. The number of piperidine rings is 1. The van der Waals surface area contributed by atoms with Crippen molar-refractivity contribution in [3.05, 3.63) is 24.3 Å². The molecule has 8 heteroatoms. The van der Waals surface area contributed by atoms with Crippen molar-refractivity contribution >= 4 is 15.9 Å². The molecule has 0 N–H and O–H groups in total. The number of sulfonamides is 1. The zero-order valence-electron chi connectivity index (χ0n) is 16.1. The van der Waals surface area contributed by atoms with Crippen LogP contribution in [0.2, 0.25) is 0 Å². The summed E-state index contributed by atoms with van der Waals surface area (Å²) in [5.41, 5.74) is 0. The van der Waals surface area contributed by atoms with Crippen LogP contribution in [0.15, 0.2) is 29.2 Å². The molecule has 150 valence electrons. The molecule has 2 unspecified atom stereocenters. The van der Waals surface area contributed by atoms with Crippen molar-refractivity contribution in [2.45, 2.75) is 43.8 Å². The Kier molecular flexibility index (Phi) is 6.08. The van der Waals surface area contributed by atoms with Crippen molar-refractivity contribution in [1.82, 2.24) is 9.21 Å². The molecule has 1 aromatic carbocycles. The quantitative estimate of drug-likeness (QED) is 0.775. The van der Waals surface area contributed by atoms with Gasteiger partial charge in [-0.3, -0.25) is 4.79 Å². The Morgan fingerprint density at radius 3 is 2.15 bits per heavy atom.